The van der Waals surface area contributed by atoms with Crippen LogP contribution in [0.25, 0.3) is 16.6 Å². The second-order valence-electron chi connectivity index (χ2n) is 7.11. The maximum atomic E-state index is 12.9. The molecule has 1 heterocycles. The summed E-state index contributed by atoms with van der Waals surface area (Å²) in [6, 6.07) is 23.7. The third-order valence-electron chi connectivity index (χ3n) is 4.92. The smallest absolute Gasteiger partial charge is 0.269 e. The van der Waals surface area contributed by atoms with Crippen molar-refractivity contribution in [3.63, 3.8) is 0 Å². The third-order valence-corrected chi connectivity index (χ3v) is 5.16. The van der Waals surface area contributed by atoms with Gasteiger partial charge >= 0.3 is 0 Å². The van der Waals surface area contributed by atoms with E-state index in [2.05, 4.69) is 21.2 Å². The highest BCUT2D eigenvalue weighted by Gasteiger charge is 2.11. The van der Waals surface area contributed by atoms with Crippen molar-refractivity contribution in [2.75, 3.05) is 0 Å². The molecule has 8 heteroatoms. The number of hydrogen-bond donors (Lipinski definition) is 3. The van der Waals surface area contributed by atoms with Crippen LogP contribution in [0.4, 0.5) is 0 Å². The summed E-state index contributed by atoms with van der Waals surface area (Å²) in [5.74, 6) is 0.225. The monoisotopic (exact) mass is 443 g/mol. The Labute approximate surface area is 190 Å². The van der Waals surface area contributed by atoms with Gasteiger partial charge in [-0.25, -0.2) is 4.98 Å². The quantitative estimate of drug-likeness (QED) is 0.332. The number of benzene rings is 3. The zero-order valence-electron chi connectivity index (χ0n) is 17.3. The lowest BCUT2D eigenvalue weighted by Crippen LogP contribution is -2.46. The Bertz CT molecular complexity index is 1330. The molecule has 0 radical (unpaired) electrons. The molecule has 0 saturated carbocycles. The number of aryl methyl sites for hydroxylation is 1. The first-order valence-corrected chi connectivity index (χ1v) is 10.4. The minimum absolute atomic E-state index is 0.151. The van der Waals surface area contributed by atoms with E-state index in [0.717, 1.165) is 5.56 Å². The molecule has 4 aromatic rings. The molecule has 4 rings (SSSR count). The molecule has 0 aliphatic rings. The number of nitrogens with one attached hydrogen (secondary N) is 3. The summed E-state index contributed by atoms with van der Waals surface area (Å²) >= 11 is 5.19. The van der Waals surface area contributed by atoms with Crippen LogP contribution >= 0.6 is 12.2 Å². The fourth-order valence-electron chi connectivity index (χ4n) is 3.32. The van der Waals surface area contributed by atoms with Gasteiger partial charge < -0.3 is 5.32 Å². The number of carbonyl (C=O) groups excluding carboxylic acids is 1. The molecule has 3 aromatic carbocycles. The summed E-state index contributed by atoms with van der Waals surface area (Å²) < 4.78 is 1.53. The molecule has 3 N–H and O–H groups in total. The van der Waals surface area contributed by atoms with Gasteiger partial charge in [0.15, 0.2) is 5.11 Å². The SMILES string of the molecule is Cc1nc2ccccc2c(=O)n1-c1ccc(C(=O)NNC(=S)NCc2ccccc2)cc1. The van der Waals surface area contributed by atoms with Gasteiger partial charge in [0.05, 0.1) is 16.6 Å². The van der Waals surface area contributed by atoms with Gasteiger partial charge in [-0.2, -0.15) is 0 Å². The predicted octanol–water partition coefficient (Wildman–Crippen LogP) is 3.00. The van der Waals surface area contributed by atoms with Crippen LogP contribution in [-0.2, 0) is 6.54 Å². The van der Waals surface area contributed by atoms with Gasteiger partial charge in [0.25, 0.3) is 11.5 Å². The Hall–Kier alpha value is -4.04. The Morgan fingerprint density at radius 3 is 2.38 bits per heavy atom. The minimum Gasteiger partial charge on any atom is -0.357 e. The maximum absolute atomic E-state index is 12.9. The summed E-state index contributed by atoms with van der Waals surface area (Å²) in [5, 5.41) is 3.87. The van der Waals surface area contributed by atoms with E-state index < -0.39 is 0 Å². The van der Waals surface area contributed by atoms with E-state index in [-0.39, 0.29) is 11.5 Å². The van der Waals surface area contributed by atoms with Crippen LogP contribution in [0.2, 0.25) is 0 Å². The zero-order chi connectivity index (χ0) is 22.5. The molecule has 0 aliphatic carbocycles. The number of fused-ring (bicyclic) bond motifs is 1. The summed E-state index contributed by atoms with van der Waals surface area (Å²) in [7, 11) is 0. The first-order valence-electron chi connectivity index (χ1n) is 10.00. The fraction of sp³-hybridized carbons (Fsp3) is 0.0833. The second kappa shape index (κ2) is 9.40. The number of rotatable bonds is 4. The normalized spacial score (nSPS) is 10.5. The number of para-hydroxylation sites is 1. The topological polar surface area (TPSA) is 88.0 Å². The van der Waals surface area contributed by atoms with Crippen molar-refractivity contribution in [3.8, 4) is 5.69 Å². The second-order valence-corrected chi connectivity index (χ2v) is 7.52. The van der Waals surface area contributed by atoms with Crippen LogP contribution in [0.15, 0.2) is 83.7 Å². The molecule has 0 atom stereocenters. The van der Waals surface area contributed by atoms with Crippen LogP contribution < -0.4 is 21.7 Å². The van der Waals surface area contributed by atoms with Crippen molar-refractivity contribution in [1.82, 2.24) is 25.7 Å². The predicted molar refractivity (Wildman–Crippen MR) is 129 cm³/mol. The van der Waals surface area contributed by atoms with Crippen molar-refractivity contribution >= 4 is 34.1 Å². The van der Waals surface area contributed by atoms with Crippen molar-refractivity contribution in [2.24, 2.45) is 0 Å². The van der Waals surface area contributed by atoms with Gasteiger partial charge in [-0.05, 0) is 61.1 Å². The molecule has 0 bridgehead atoms. The summed E-state index contributed by atoms with van der Waals surface area (Å²) in [6.45, 7) is 2.33. The van der Waals surface area contributed by atoms with E-state index in [9.17, 15) is 9.59 Å². The maximum Gasteiger partial charge on any atom is 0.269 e. The molecule has 1 amide bonds. The van der Waals surface area contributed by atoms with Gasteiger partial charge in [0, 0.05) is 12.1 Å². The fourth-order valence-corrected chi connectivity index (χ4v) is 3.44. The largest absolute Gasteiger partial charge is 0.357 e. The van der Waals surface area contributed by atoms with Crippen molar-refractivity contribution < 1.29 is 4.79 Å². The lowest BCUT2D eigenvalue weighted by Gasteiger charge is -2.13. The number of carbonyl (C=O) groups is 1. The molecule has 32 heavy (non-hydrogen) atoms. The zero-order valence-corrected chi connectivity index (χ0v) is 18.1. The van der Waals surface area contributed by atoms with Gasteiger partial charge in [-0.1, -0.05) is 42.5 Å². The molecule has 0 fully saturated rings. The highest BCUT2D eigenvalue weighted by molar-refractivity contribution is 7.80. The van der Waals surface area contributed by atoms with E-state index in [1.807, 2.05) is 48.5 Å². The van der Waals surface area contributed by atoms with Crippen LogP contribution in [-0.4, -0.2) is 20.6 Å². The molecular weight excluding hydrogens is 422 g/mol. The highest BCUT2D eigenvalue weighted by atomic mass is 32.1. The molecule has 7 nitrogen and oxygen atoms in total. The molecule has 1 aromatic heterocycles. The van der Waals surface area contributed by atoms with Gasteiger partial charge in [-0.3, -0.25) is 25.0 Å². The third kappa shape index (κ3) is 4.65. The number of hydrogen-bond acceptors (Lipinski definition) is 4. The van der Waals surface area contributed by atoms with Gasteiger partial charge in [0.1, 0.15) is 5.82 Å². The standard InChI is InChI=1S/C24H21N5O2S/c1-16-26-21-10-6-5-9-20(21)23(31)29(16)19-13-11-18(12-14-19)22(30)27-28-24(32)25-15-17-7-3-2-4-8-17/h2-14H,15H2,1H3,(H,27,30)(H2,25,28,32). The number of amides is 1. The Morgan fingerprint density at radius 2 is 1.62 bits per heavy atom. The lowest BCUT2D eigenvalue weighted by molar-refractivity contribution is 0.0943. The number of nitrogens with zero attached hydrogens (tertiary/aromatic N) is 2. The first-order chi connectivity index (χ1) is 15.5. The average Bonchev–Trinajstić information content (AvgIpc) is 2.82. The van der Waals surface area contributed by atoms with Crippen LogP contribution in [0.3, 0.4) is 0 Å². The van der Waals surface area contributed by atoms with Crippen molar-refractivity contribution in [1.29, 1.82) is 0 Å². The summed E-state index contributed by atoms with van der Waals surface area (Å²) in [5.41, 5.74) is 7.90. The van der Waals surface area contributed by atoms with Crippen molar-refractivity contribution in [2.45, 2.75) is 13.5 Å². The van der Waals surface area contributed by atoms with Crippen molar-refractivity contribution in [3.05, 3.63) is 106 Å². The molecule has 0 spiro atoms. The Morgan fingerprint density at radius 1 is 0.938 bits per heavy atom. The average molecular weight is 444 g/mol. The highest BCUT2D eigenvalue weighted by Crippen LogP contribution is 2.13. The first kappa shape index (κ1) is 21.2. The number of aromatic nitrogens is 2. The van der Waals surface area contributed by atoms with Gasteiger partial charge in [0.2, 0.25) is 0 Å². The molecule has 0 unspecified atom stereocenters. The van der Waals surface area contributed by atoms with Crippen LogP contribution in [0, 0.1) is 6.92 Å². The van der Waals surface area contributed by atoms with Crippen LogP contribution in [0.1, 0.15) is 21.7 Å². The van der Waals surface area contributed by atoms with E-state index in [0.29, 0.717) is 39.6 Å². The molecule has 0 aliphatic heterocycles. The number of hydrazine groups is 1. The van der Waals surface area contributed by atoms with Crippen LogP contribution in [0.5, 0.6) is 0 Å². The Kier molecular flexibility index (Phi) is 6.23. The lowest BCUT2D eigenvalue weighted by atomic mass is 10.2. The van der Waals surface area contributed by atoms with E-state index in [4.69, 9.17) is 12.2 Å². The van der Waals surface area contributed by atoms with E-state index in [1.165, 1.54) is 4.57 Å². The van der Waals surface area contributed by atoms with E-state index in [1.54, 1.807) is 37.3 Å². The van der Waals surface area contributed by atoms with Gasteiger partial charge in [-0.15, -0.1) is 0 Å². The minimum atomic E-state index is -0.346. The number of thiocarbonyl (C=S) groups is 1. The summed E-state index contributed by atoms with van der Waals surface area (Å²) in [6.07, 6.45) is 0. The Balaban J connectivity index is 1.41. The molecule has 0 saturated heterocycles. The molecular formula is C24H21N5O2S. The molecule has 160 valence electrons. The van der Waals surface area contributed by atoms with E-state index >= 15 is 0 Å². The summed E-state index contributed by atoms with van der Waals surface area (Å²) in [4.78, 5) is 29.9.